The maximum atomic E-state index is 13.1. The van der Waals surface area contributed by atoms with Gasteiger partial charge in [0.1, 0.15) is 23.7 Å². The fraction of sp³-hybridized carbons (Fsp3) is 0.259. The lowest BCUT2D eigenvalue weighted by Gasteiger charge is -2.31. The number of benzene rings is 1. The summed E-state index contributed by atoms with van der Waals surface area (Å²) < 4.78 is 12.0. The largest absolute Gasteiger partial charge is 0.444 e. The van der Waals surface area contributed by atoms with Crippen LogP contribution in [0.4, 0.5) is 15.4 Å². The minimum Gasteiger partial charge on any atom is -0.444 e. The second-order valence-electron chi connectivity index (χ2n) is 8.88. The van der Waals surface area contributed by atoms with E-state index >= 15 is 0 Å². The number of amides is 1. The molecular weight excluding hydrogens is 444 g/mol. The first-order chi connectivity index (χ1) is 16.8. The highest BCUT2D eigenvalue weighted by Gasteiger charge is 2.30. The Balaban J connectivity index is 1.47. The quantitative estimate of drug-likeness (QED) is 0.499. The van der Waals surface area contributed by atoms with Gasteiger partial charge in [0.15, 0.2) is 0 Å². The Bertz CT molecular complexity index is 1300. The number of carbonyl (C=O) groups is 2. The molecule has 0 spiro atoms. The summed E-state index contributed by atoms with van der Waals surface area (Å²) in [6, 6.07) is 14.5. The van der Waals surface area contributed by atoms with Crippen molar-refractivity contribution >= 4 is 24.1 Å². The van der Waals surface area contributed by atoms with E-state index in [-0.39, 0.29) is 12.6 Å². The number of hydrogen-bond donors (Lipinski definition) is 0. The van der Waals surface area contributed by atoms with Gasteiger partial charge in [-0.25, -0.2) is 14.6 Å². The molecule has 0 aliphatic carbocycles. The average molecular weight is 471 g/mol. The van der Waals surface area contributed by atoms with Gasteiger partial charge in [-0.1, -0.05) is 48.4 Å². The standard InChI is InChI=1S/C27H26N4O4/c1-27(2,3)35-25(32)30-18-16-22(29-30)12-7-13-23-15-14-21-11-8-17-28-24(21)31(23)26(33)34-19-20-9-5-4-6-10-20/h4-6,8-11,14-18,23H,13,19H2,1-3H3. The van der Waals surface area contributed by atoms with Gasteiger partial charge in [0.25, 0.3) is 0 Å². The molecule has 1 amide bonds. The highest BCUT2D eigenvalue weighted by atomic mass is 16.6. The van der Waals surface area contributed by atoms with E-state index in [0.717, 1.165) is 15.8 Å². The monoisotopic (exact) mass is 470 g/mol. The molecule has 8 nitrogen and oxygen atoms in total. The van der Waals surface area contributed by atoms with Crippen molar-refractivity contribution in [3.63, 3.8) is 0 Å². The summed E-state index contributed by atoms with van der Waals surface area (Å²) in [4.78, 5) is 31.2. The van der Waals surface area contributed by atoms with E-state index in [1.165, 1.54) is 11.1 Å². The lowest BCUT2D eigenvalue weighted by molar-refractivity contribution is 0.0514. The van der Waals surface area contributed by atoms with Crippen LogP contribution in [0.5, 0.6) is 0 Å². The van der Waals surface area contributed by atoms with Crippen LogP contribution in [0.25, 0.3) is 6.08 Å². The van der Waals surface area contributed by atoms with E-state index in [1.807, 2.05) is 54.6 Å². The number of anilines is 1. The van der Waals surface area contributed by atoms with E-state index in [2.05, 4.69) is 21.9 Å². The molecule has 1 aromatic carbocycles. The third-order valence-corrected chi connectivity index (χ3v) is 4.97. The molecule has 1 atom stereocenters. The first-order valence-corrected chi connectivity index (χ1v) is 11.2. The molecule has 0 fully saturated rings. The Morgan fingerprint density at radius 1 is 1.06 bits per heavy atom. The van der Waals surface area contributed by atoms with Gasteiger partial charge in [-0.2, -0.15) is 9.78 Å². The zero-order valence-electron chi connectivity index (χ0n) is 19.8. The van der Waals surface area contributed by atoms with E-state index in [4.69, 9.17) is 9.47 Å². The highest BCUT2D eigenvalue weighted by molar-refractivity contribution is 5.92. The van der Waals surface area contributed by atoms with Crippen molar-refractivity contribution in [1.29, 1.82) is 0 Å². The second-order valence-corrected chi connectivity index (χ2v) is 8.88. The van der Waals surface area contributed by atoms with E-state index in [1.54, 1.807) is 33.0 Å². The maximum absolute atomic E-state index is 13.1. The van der Waals surface area contributed by atoms with Gasteiger partial charge in [-0.15, -0.1) is 0 Å². The second kappa shape index (κ2) is 10.3. The number of carbonyl (C=O) groups excluding carboxylic acids is 2. The van der Waals surface area contributed by atoms with Gasteiger partial charge in [0, 0.05) is 24.4 Å². The van der Waals surface area contributed by atoms with Crippen LogP contribution in [0.1, 0.15) is 44.0 Å². The summed E-state index contributed by atoms with van der Waals surface area (Å²) in [5.41, 5.74) is 1.52. The molecule has 178 valence electrons. The summed E-state index contributed by atoms with van der Waals surface area (Å²) in [5.74, 6) is 6.53. The third-order valence-electron chi connectivity index (χ3n) is 4.97. The topological polar surface area (TPSA) is 86.6 Å². The molecule has 4 rings (SSSR count). The van der Waals surface area contributed by atoms with Crippen LogP contribution in [0.2, 0.25) is 0 Å². The molecule has 0 saturated heterocycles. The van der Waals surface area contributed by atoms with Crippen LogP contribution in [0.15, 0.2) is 67.0 Å². The predicted molar refractivity (Wildman–Crippen MR) is 132 cm³/mol. The van der Waals surface area contributed by atoms with Crippen LogP contribution >= 0.6 is 0 Å². The van der Waals surface area contributed by atoms with E-state index in [0.29, 0.717) is 17.9 Å². The Kier molecular flexibility index (Phi) is 6.97. The summed E-state index contributed by atoms with van der Waals surface area (Å²) >= 11 is 0. The fourth-order valence-electron chi connectivity index (χ4n) is 3.42. The zero-order chi connectivity index (χ0) is 24.8. The number of rotatable bonds is 3. The molecule has 2 aromatic heterocycles. The van der Waals surface area contributed by atoms with Crippen molar-refractivity contribution in [3.05, 3.63) is 83.8 Å². The van der Waals surface area contributed by atoms with Crippen molar-refractivity contribution < 1.29 is 19.1 Å². The molecule has 0 saturated carbocycles. The molecule has 0 radical (unpaired) electrons. The van der Waals surface area contributed by atoms with Gasteiger partial charge in [-0.3, -0.25) is 4.90 Å². The zero-order valence-corrected chi connectivity index (χ0v) is 19.8. The van der Waals surface area contributed by atoms with Crippen molar-refractivity contribution in [1.82, 2.24) is 14.8 Å². The van der Waals surface area contributed by atoms with Crippen molar-refractivity contribution in [2.45, 2.75) is 45.4 Å². The Morgan fingerprint density at radius 2 is 1.86 bits per heavy atom. The van der Waals surface area contributed by atoms with Gasteiger partial charge in [0.05, 0.1) is 6.04 Å². The van der Waals surface area contributed by atoms with Gasteiger partial charge >= 0.3 is 12.2 Å². The minimum atomic E-state index is -0.620. The number of ether oxygens (including phenoxy) is 2. The van der Waals surface area contributed by atoms with Crippen LogP contribution in [0.3, 0.4) is 0 Å². The molecule has 0 N–H and O–H groups in total. The number of hydrogen-bond acceptors (Lipinski definition) is 6. The number of aromatic nitrogens is 3. The number of fused-ring (bicyclic) bond motifs is 1. The summed E-state index contributed by atoms with van der Waals surface area (Å²) in [5, 5.41) is 4.16. The van der Waals surface area contributed by atoms with Crippen LogP contribution in [-0.4, -0.2) is 38.6 Å². The Labute approximate surface area is 204 Å². The molecule has 0 bridgehead atoms. The highest BCUT2D eigenvalue weighted by Crippen LogP contribution is 2.28. The first-order valence-electron chi connectivity index (χ1n) is 11.2. The van der Waals surface area contributed by atoms with Crippen LogP contribution < -0.4 is 4.90 Å². The average Bonchev–Trinajstić information content (AvgIpc) is 3.31. The summed E-state index contributed by atoms with van der Waals surface area (Å²) in [6.07, 6.45) is 6.23. The van der Waals surface area contributed by atoms with Crippen molar-refractivity contribution in [2.75, 3.05) is 4.90 Å². The predicted octanol–water partition coefficient (Wildman–Crippen LogP) is 5.04. The Hall–Kier alpha value is -4.38. The Morgan fingerprint density at radius 3 is 2.63 bits per heavy atom. The molecule has 1 aliphatic rings. The molecule has 3 heterocycles. The van der Waals surface area contributed by atoms with Crippen LogP contribution in [0, 0.1) is 11.8 Å². The molecular formula is C27H26N4O4. The smallest absolute Gasteiger partial charge is 0.435 e. The molecule has 8 heteroatoms. The molecule has 35 heavy (non-hydrogen) atoms. The molecule has 3 aromatic rings. The maximum Gasteiger partial charge on any atom is 0.435 e. The summed E-state index contributed by atoms with van der Waals surface area (Å²) in [6.45, 7) is 5.52. The van der Waals surface area contributed by atoms with Gasteiger partial charge in [0.2, 0.25) is 0 Å². The summed E-state index contributed by atoms with van der Waals surface area (Å²) in [7, 11) is 0. The van der Waals surface area contributed by atoms with Crippen LogP contribution in [-0.2, 0) is 16.1 Å². The SMILES string of the molecule is CC(C)(C)OC(=O)n1ccc(C#CCC2C=Cc3cccnc3N2C(=O)OCc2ccccc2)n1. The third kappa shape index (κ3) is 6.15. The van der Waals surface area contributed by atoms with Crippen molar-refractivity contribution in [2.24, 2.45) is 0 Å². The number of pyridine rings is 1. The lowest BCUT2D eigenvalue weighted by Crippen LogP contribution is -2.42. The first kappa shape index (κ1) is 23.8. The van der Waals surface area contributed by atoms with E-state index < -0.39 is 17.8 Å². The van der Waals surface area contributed by atoms with E-state index in [9.17, 15) is 9.59 Å². The van der Waals surface area contributed by atoms with Gasteiger partial charge < -0.3 is 9.47 Å². The number of nitrogens with zero attached hydrogens (tertiary/aromatic N) is 4. The minimum absolute atomic E-state index is 0.155. The lowest BCUT2D eigenvalue weighted by atomic mass is 10.0. The fourth-order valence-corrected chi connectivity index (χ4v) is 3.42. The normalized spacial score (nSPS) is 14.5. The molecule has 1 aliphatic heterocycles. The van der Waals surface area contributed by atoms with Crippen molar-refractivity contribution in [3.8, 4) is 11.8 Å². The molecule has 1 unspecified atom stereocenters. The van der Waals surface area contributed by atoms with Gasteiger partial charge in [-0.05, 0) is 50.5 Å².